The van der Waals surface area contributed by atoms with E-state index in [1.165, 1.54) is 43.4 Å². The maximum absolute atomic E-state index is 13.0. The van der Waals surface area contributed by atoms with E-state index < -0.39 is 11.8 Å². The van der Waals surface area contributed by atoms with Crippen LogP contribution in [0, 0.1) is 5.82 Å². The van der Waals surface area contributed by atoms with Gasteiger partial charge in [0.1, 0.15) is 5.82 Å². The van der Waals surface area contributed by atoms with Gasteiger partial charge in [0.15, 0.2) is 10.9 Å². The van der Waals surface area contributed by atoms with E-state index >= 15 is 0 Å². The predicted octanol–water partition coefficient (Wildman–Crippen LogP) is 4.68. The number of benzene rings is 2. The van der Waals surface area contributed by atoms with Gasteiger partial charge in [-0.3, -0.25) is 19.7 Å². The lowest BCUT2D eigenvalue weighted by Crippen LogP contribution is -2.16. The number of carbonyl (C=O) groups excluding carboxylic acids is 3. The second-order valence-corrected chi connectivity index (χ2v) is 7.31. The van der Waals surface area contributed by atoms with Gasteiger partial charge in [0, 0.05) is 33.8 Å². The van der Waals surface area contributed by atoms with Crippen molar-refractivity contribution in [2.24, 2.45) is 0 Å². The molecule has 0 spiro atoms. The molecule has 0 aliphatic rings. The summed E-state index contributed by atoms with van der Waals surface area (Å²) in [4.78, 5) is 40.1. The van der Waals surface area contributed by atoms with Crippen molar-refractivity contribution in [2.45, 2.75) is 13.8 Å². The van der Waals surface area contributed by atoms with Crippen molar-refractivity contribution in [3.63, 3.8) is 0 Å². The van der Waals surface area contributed by atoms with E-state index in [2.05, 4.69) is 15.6 Å². The first kappa shape index (κ1) is 21.1. The van der Waals surface area contributed by atoms with Gasteiger partial charge in [-0.1, -0.05) is 0 Å². The summed E-state index contributed by atoms with van der Waals surface area (Å²) < 4.78 is 13.0. The summed E-state index contributed by atoms with van der Waals surface area (Å²) in [7, 11) is 0. The van der Waals surface area contributed by atoms with Crippen LogP contribution in [0.1, 0.15) is 24.2 Å². The van der Waals surface area contributed by atoms with Crippen molar-refractivity contribution in [1.29, 1.82) is 0 Å². The highest BCUT2D eigenvalue weighted by Gasteiger charge is 2.11. The van der Waals surface area contributed by atoms with E-state index in [0.717, 1.165) is 5.56 Å². The van der Waals surface area contributed by atoms with Crippen molar-refractivity contribution in [1.82, 2.24) is 4.98 Å². The van der Waals surface area contributed by atoms with Crippen LogP contribution in [0.4, 0.5) is 15.2 Å². The molecule has 1 heterocycles. The molecule has 0 saturated heterocycles. The van der Waals surface area contributed by atoms with E-state index in [9.17, 15) is 18.8 Å². The quantitative estimate of drug-likeness (QED) is 0.445. The van der Waals surface area contributed by atoms with Crippen LogP contribution in [0.15, 0.2) is 65.6 Å². The zero-order chi connectivity index (χ0) is 21.7. The molecule has 3 aromatic rings. The Labute approximate surface area is 176 Å². The molecule has 0 unspecified atom stereocenters. The molecule has 1 aromatic heterocycles. The average molecular weight is 423 g/mol. The third kappa shape index (κ3) is 5.45. The van der Waals surface area contributed by atoms with Crippen LogP contribution in [0.5, 0.6) is 0 Å². The summed E-state index contributed by atoms with van der Waals surface area (Å²) in [6, 6.07) is 12.3. The van der Waals surface area contributed by atoms with Gasteiger partial charge in [0.2, 0.25) is 5.91 Å². The Morgan fingerprint density at radius 2 is 1.63 bits per heavy atom. The number of ketones is 1. The number of hydrogen-bond donors (Lipinski definition) is 2. The molecule has 2 aromatic carbocycles. The number of nitrogens with zero attached hydrogens (tertiary/aromatic N) is 1. The maximum Gasteiger partial charge on any atom is 0.253 e. The number of aromatic nitrogens is 1. The van der Waals surface area contributed by atoms with Gasteiger partial charge in [-0.25, -0.2) is 9.37 Å². The number of carbonyl (C=O) groups is 3. The van der Waals surface area contributed by atoms with Crippen molar-refractivity contribution in [2.75, 3.05) is 10.6 Å². The second-order valence-electron chi connectivity index (χ2n) is 6.45. The Bertz CT molecular complexity index is 1120. The van der Waals surface area contributed by atoms with E-state index in [1.807, 2.05) is 0 Å². The predicted molar refractivity (Wildman–Crippen MR) is 115 cm³/mol. The lowest BCUT2D eigenvalue weighted by molar-refractivity contribution is -0.114. The Morgan fingerprint density at radius 1 is 0.967 bits per heavy atom. The Balaban J connectivity index is 1.60. The molecule has 0 bridgehead atoms. The zero-order valence-corrected chi connectivity index (χ0v) is 17.0. The Morgan fingerprint density at radius 3 is 2.27 bits per heavy atom. The van der Waals surface area contributed by atoms with E-state index in [1.54, 1.807) is 41.8 Å². The lowest BCUT2D eigenvalue weighted by Gasteiger charge is -2.05. The highest BCUT2D eigenvalue weighted by atomic mass is 32.1. The minimum atomic E-state index is -0.468. The van der Waals surface area contributed by atoms with Gasteiger partial charge in [0.25, 0.3) is 5.91 Å². The highest BCUT2D eigenvalue weighted by molar-refractivity contribution is 7.14. The van der Waals surface area contributed by atoms with Crippen molar-refractivity contribution in [3.8, 4) is 11.3 Å². The second kappa shape index (κ2) is 9.23. The number of thiazole rings is 1. The van der Waals surface area contributed by atoms with Crippen LogP contribution in [0.25, 0.3) is 11.3 Å². The first-order chi connectivity index (χ1) is 14.3. The molecule has 0 saturated carbocycles. The van der Waals surface area contributed by atoms with E-state index in [-0.39, 0.29) is 17.2 Å². The lowest BCUT2D eigenvalue weighted by atomic mass is 10.1. The molecular formula is C22H18FN3O3S. The third-order valence-corrected chi connectivity index (χ3v) is 4.89. The van der Waals surface area contributed by atoms with Crippen LogP contribution >= 0.6 is 11.3 Å². The largest absolute Gasteiger partial charge is 0.323 e. The van der Waals surface area contributed by atoms with Crippen molar-refractivity contribution in [3.05, 3.63) is 76.9 Å². The van der Waals surface area contributed by atoms with E-state index in [4.69, 9.17) is 0 Å². The monoisotopic (exact) mass is 423 g/mol. The number of amides is 2. The molecule has 30 heavy (non-hydrogen) atoms. The summed E-state index contributed by atoms with van der Waals surface area (Å²) in [6.07, 6.45) is 1.18. The van der Waals surface area contributed by atoms with Crippen LogP contribution in [-0.2, 0) is 9.59 Å². The molecule has 2 N–H and O–H groups in total. The molecule has 152 valence electrons. The van der Waals surface area contributed by atoms with Crippen LogP contribution in [-0.4, -0.2) is 22.6 Å². The summed E-state index contributed by atoms with van der Waals surface area (Å²) in [6.45, 7) is 2.98. The molecule has 0 aliphatic heterocycles. The average Bonchev–Trinajstić information content (AvgIpc) is 3.17. The van der Waals surface area contributed by atoms with Crippen molar-refractivity contribution < 1.29 is 18.8 Å². The number of rotatable bonds is 6. The topological polar surface area (TPSA) is 88.2 Å². The third-order valence-electron chi connectivity index (χ3n) is 4.13. The van der Waals surface area contributed by atoms with Crippen LogP contribution in [0.2, 0.25) is 0 Å². The number of halogens is 1. The summed E-state index contributed by atoms with van der Waals surface area (Å²) >= 11 is 1.23. The molecule has 0 atom stereocenters. The molecule has 2 amide bonds. The molecule has 3 rings (SSSR count). The first-order valence-electron chi connectivity index (χ1n) is 8.95. The number of hydrogen-bond acceptors (Lipinski definition) is 5. The Hall–Kier alpha value is -3.65. The van der Waals surface area contributed by atoms with Crippen molar-refractivity contribution >= 4 is 39.8 Å². The molecule has 0 radical (unpaired) electrons. The fourth-order valence-electron chi connectivity index (χ4n) is 2.51. The van der Waals surface area contributed by atoms with Gasteiger partial charge in [-0.05, 0) is 62.4 Å². The SMILES string of the molecule is CC(=O)c1ccc(NC(=O)/C=C(/C)C(=O)Nc2nc(-c3ccc(F)cc3)cs2)cc1. The smallest absolute Gasteiger partial charge is 0.253 e. The molecule has 6 nitrogen and oxygen atoms in total. The van der Waals surface area contributed by atoms with E-state index in [0.29, 0.717) is 22.1 Å². The number of nitrogens with one attached hydrogen (secondary N) is 2. The fraction of sp³-hybridized carbons (Fsp3) is 0.0909. The fourth-order valence-corrected chi connectivity index (χ4v) is 3.22. The van der Waals surface area contributed by atoms with Crippen LogP contribution in [0.3, 0.4) is 0 Å². The molecule has 0 fully saturated rings. The maximum atomic E-state index is 13.0. The van der Waals surface area contributed by atoms with Gasteiger partial charge in [0.05, 0.1) is 5.69 Å². The van der Waals surface area contributed by atoms with Gasteiger partial charge < -0.3 is 5.32 Å². The molecule has 0 aliphatic carbocycles. The minimum absolute atomic E-state index is 0.0648. The standard InChI is InChI=1S/C22H18FN3O3S/c1-13(11-20(28)24-18-9-5-15(6-10-18)14(2)27)21(29)26-22-25-19(12-30-22)16-3-7-17(23)8-4-16/h3-12H,1-2H3,(H,24,28)(H,25,26,29)/b13-11-. The summed E-state index contributed by atoms with van der Waals surface area (Å²) in [5, 5.41) is 7.40. The summed E-state index contributed by atoms with van der Waals surface area (Å²) in [5.74, 6) is -1.33. The molecule has 8 heteroatoms. The van der Waals surface area contributed by atoms with Crippen LogP contribution < -0.4 is 10.6 Å². The molecular weight excluding hydrogens is 405 g/mol. The Kier molecular flexibility index (Phi) is 6.48. The van der Waals surface area contributed by atoms with Gasteiger partial charge in [-0.15, -0.1) is 11.3 Å². The van der Waals surface area contributed by atoms with Gasteiger partial charge >= 0.3 is 0 Å². The zero-order valence-electron chi connectivity index (χ0n) is 16.2. The first-order valence-corrected chi connectivity index (χ1v) is 9.83. The number of anilines is 2. The number of Topliss-reactive ketones (excluding diaryl/α,β-unsaturated/α-hetero) is 1. The van der Waals surface area contributed by atoms with Gasteiger partial charge in [-0.2, -0.15) is 0 Å². The minimum Gasteiger partial charge on any atom is -0.323 e. The highest BCUT2D eigenvalue weighted by Crippen LogP contribution is 2.25. The summed E-state index contributed by atoms with van der Waals surface area (Å²) in [5.41, 5.74) is 2.60. The normalized spacial score (nSPS) is 11.1.